The molecule has 3 rings (SSSR count). The topological polar surface area (TPSA) is 83.1 Å². The van der Waals surface area contributed by atoms with Crippen LogP contribution in [0.15, 0.2) is 35.7 Å². The largest absolute Gasteiger partial charge is 0.349 e. The first-order valence-corrected chi connectivity index (χ1v) is 8.88. The number of nitrogens with zero attached hydrogens (tertiary/aromatic N) is 1. The number of hydrogen-bond acceptors (Lipinski definition) is 5. The fourth-order valence-corrected chi connectivity index (χ4v) is 3.30. The lowest BCUT2D eigenvalue weighted by Gasteiger charge is -2.09. The Hall–Kier alpha value is -2.25. The van der Waals surface area contributed by atoms with Crippen molar-refractivity contribution in [3.8, 4) is 0 Å². The number of hydrogen-bond donors (Lipinski definition) is 3. The van der Waals surface area contributed by atoms with Gasteiger partial charge in [-0.05, 0) is 31.5 Å². The molecule has 2 aromatic rings. The van der Waals surface area contributed by atoms with Crippen LogP contribution in [0.3, 0.4) is 0 Å². The highest BCUT2D eigenvalue weighted by molar-refractivity contribution is 7.09. The fraction of sp³-hybridized carbons (Fsp3) is 0.353. The number of rotatable bonds is 6. The van der Waals surface area contributed by atoms with Crippen molar-refractivity contribution in [2.24, 2.45) is 0 Å². The molecule has 1 aliphatic rings. The summed E-state index contributed by atoms with van der Waals surface area (Å²) in [6.07, 6.45) is 1.93. The Bertz CT molecular complexity index is 696. The van der Waals surface area contributed by atoms with E-state index in [1.807, 2.05) is 23.6 Å². The summed E-state index contributed by atoms with van der Waals surface area (Å²) in [5.74, 6) is -0.0904. The quantitative estimate of drug-likeness (QED) is 0.740. The normalized spacial score (nSPS) is 16.8. The van der Waals surface area contributed by atoms with Crippen LogP contribution in [0, 0.1) is 0 Å². The van der Waals surface area contributed by atoms with E-state index < -0.39 is 0 Å². The standard InChI is InChI=1S/C17H20N4O2S/c22-16(12-5-2-1-3-6-12)20-10-15-21-13(11-24-15)9-19-17(23)14-7-4-8-18-14/h1-3,5-6,11,14,18H,4,7-10H2,(H,19,23)(H,20,22). The van der Waals surface area contributed by atoms with Gasteiger partial charge in [-0.3, -0.25) is 9.59 Å². The summed E-state index contributed by atoms with van der Waals surface area (Å²) in [5, 5.41) is 11.6. The maximum absolute atomic E-state index is 12.0. The number of nitrogens with one attached hydrogen (secondary N) is 3. The number of amides is 2. The van der Waals surface area contributed by atoms with Crippen molar-refractivity contribution in [2.45, 2.75) is 32.0 Å². The van der Waals surface area contributed by atoms with Crippen molar-refractivity contribution in [3.05, 3.63) is 52.0 Å². The lowest BCUT2D eigenvalue weighted by molar-refractivity contribution is -0.122. The molecule has 2 heterocycles. The van der Waals surface area contributed by atoms with Crippen LogP contribution in [0.5, 0.6) is 0 Å². The third kappa shape index (κ3) is 4.39. The van der Waals surface area contributed by atoms with Gasteiger partial charge < -0.3 is 16.0 Å². The van der Waals surface area contributed by atoms with Gasteiger partial charge in [-0.25, -0.2) is 4.98 Å². The maximum atomic E-state index is 12.0. The molecule has 1 unspecified atom stereocenters. The molecule has 0 saturated carbocycles. The first kappa shape index (κ1) is 16.6. The molecular formula is C17H20N4O2S. The molecule has 7 heteroatoms. The van der Waals surface area contributed by atoms with E-state index in [0.717, 1.165) is 30.1 Å². The summed E-state index contributed by atoms with van der Waals surface area (Å²) in [7, 11) is 0. The molecule has 0 aliphatic carbocycles. The molecule has 24 heavy (non-hydrogen) atoms. The van der Waals surface area contributed by atoms with Crippen LogP contribution in [0.25, 0.3) is 0 Å². The molecule has 6 nitrogen and oxygen atoms in total. The van der Waals surface area contributed by atoms with Gasteiger partial charge in [0, 0.05) is 10.9 Å². The zero-order valence-electron chi connectivity index (χ0n) is 13.2. The van der Waals surface area contributed by atoms with Gasteiger partial charge in [0.05, 0.1) is 24.8 Å². The van der Waals surface area contributed by atoms with Gasteiger partial charge in [0.25, 0.3) is 5.91 Å². The van der Waals surface area contributed by atoms with Gasteiger partial charge in [0.1, 0.15) is 5.01 Å². The summed E-state index contributed by atoms with van der Waals surface area (Å²) in [6.45, 7) is 1.71. The highest BCUT2D eigenvalue weighted by Gasteiger charge is 2.21. The van der Waals surface area contributed by atoms with Crippen LogP contribution in [0.1, 0.15) is 33.9 Å². The second kappa shape index (κ2) is 8.03. The van der Waals surface area contributed by atoms with Crippen LogP contribution >= 0.6 is 11.3 Å². The minimum atomic E-state index is -0.118. The highest BCUT2D eigenvalue weighted by Crippen LogP contribution is 2.11. The van der Waals surface area contributed by atoms with E-state index in [-0.39, 0.29) is 17.9 Å². The number of benzene rings is 1. The SMILES string of the molecule is O=C(NCc1nc(CNC(=O)C2CCCN2)cs1)c1ccccc1. The average molecular weight is 344 g/mol. The first-order valence-electron chi connectivity index (χ1n) is 8.00. The van der Waals surface area contributed by atoms with Crippen molar-refractivity contribution in [1.82, 2.24) is 20.9 Å². The molecule has 1 aromatic carbocycles. The molecule has 1 fully saturated rings. The van der Waals surface area contributed by atoms with E-state index in [4.69, 9.17) is 0 Å². The van der Waals surface area contributed by atoms with Gasteiger partial charge in [-0.2, -0.15) is 0 Å². The number of carbonyl (C=O) groups excluding carboxylic acids is 2. The molecular weight excluding hydrogens is 324 g/mol. The number of thiazole rings is 1. The zero-order chi connectivity index (χ0) is 16.8. The van der Waals surface area contributed by atoms with E-state index >= 15 is 0 Å². The van der Waals surface area contributed by atoms with Gasteiger partial charge in [0.2, 0.25) is 5.91 Å². The molecule has 0 bridgehead atoms. The summed E-state index contributed by atoms with van der Waals surface area (Å²) in [6, 6.07) is 9.01. The molecule has 0 radical (unpaired) electrons. The van der Waals surface area contributed by atoms with Crippen LogP contribution < -0.4 is 16.0 Å². The van der Waals surface area contributed by atoms with Crippen LogP contribution in [0.4, 0.5) is 0 Å². The summed E-state index contributed by atoms with van der Waals surface area (Å²) < 4.78 is 0. The molecule has 1 aliphatic heterocycles. The molecule has 0 spiro atoms. The van der Waals surface area contributed by atoms with Gasteiger partial charge >= 0.3 is 0 Å². The monoisotopic (exact) mass is 344 g/mol. The molecule has 1 saturated heterocycles. The third-order valence-corrected chi connectivity index (χ3v) is 4.75. The Kier molecular flexibility index (Phi) is 5.55. The summed E-state index contributed by atoms with van der Waals surface area (Å²) in [4.78, 5) is 28.4. The van der Waals surface area contributed by atoms with Crippen molar-refractivity contribution in [1.29, 1.82) is 0 Å². The Morgan fingerprint density at radius 3 is 2.79 bits per heavy atom. The number of aromatic nitrogens is 1. The van der Waals surface area contributed by atoms with Crippen LogP contribution in [0.2, 0.25) is 0 Å². The van der Waals surface area contributed by atoms with E-state index in [0.29, 0.717) is 18.7 Å². The Balaban J connectivity index is 1.45. The smallest absolute Gasteiger partial charge is 0.251 e. The minimum absolute atomic E-state index is 0.0273. The number of carbonyl (C=O) groups is 2. The van der Waals surface area contributed by atoms with Crippen LogP contribution in [-0.4, -0.2) is 29.4 Å². The average Bonchev–Trinajstić information content (AvgIpc) is 3.30. The predicted octanol–water partition coefficient (Wildman–Crippen LogP) is 1.44. The molecule has 1 atom stereocenters. The van der Waals surface area contributed by atoms with Crippen molar-refractivity contribution < 1.29 is 9.59 Å². The molecule has 3 N–H and O–H groups in total. The van der Waals surface area contributed by atoms with Gasteiger partial charge in [-0.15, -0.1) is 11.3 Å². The summed E-state index contributed by atoms with van der Waals surface area (Å²) >= 11 is 1.48. The Labute approximate surface area is 144 Å². The van der Waals surface area contributed by atoms with Crippen molar-refractivity contribution >= 4 is 23.2 Å². The lowest BCUT2D eigenvalue weighted by Crippen LogP contribution is -2.40. The molecule has 126 valence electrons. The molecule has 1 aromatic heterocycles. The Morgan fingerprint density at radius 1 is 1.21 bits per heavy atom. The lowest BCUT2D eigenvalue weighted by atomic mass is 10.2. The van der Waals surface area contributed by atoms with Crippen LogP contribution in [-0.2, 0) is 17.9 Å². The van der Waals surface area contributed by atoms with E-state index in [1.54, 1.807) is 12.1 Å². The van der Waals surface area contributed by atoms with Gasteiger partial charge in [0.15, 0.2) is 0 Å². The van der Waals surface area contributed by atoms with E-state index in [1.165, 1.54) is 11.3 Å². The van der Waals surface area contributed by atoms with E-state index in [9.17, 15) is 9.59 Å². The predicted molar refractivity (Wildman–Crippen MR) is 92.6 cm³/mol. The van der Waals surface area contributed by atoms with E-state index in [2.05, 4.69) is 20.9 Å². The van der Waals surface area contributed by atoms with Crippen molar-refractivity contribution in [3.63, 3.8) is 0 Å². The zero-order valence-corrected chi connectivity index (χ0v) is 14.1. The fourth-order valence-electron chi connectivity index (χ4n) is 2.57. The first-order chi connectivity index (χ1) is 11.7. The summed E-state index contributed by atoms with van der Waals surface area (Å²) in [5.41, 5.74) is 1.45. The highest BCUT2D eigenvalue weighted by atomic mass is 32.1. The van der Waals surface area contributed by atoms with Gasteiger partial charge in [-0.1, -0.05) is 18.2 Å². The minimum Gasteiger partial charge on any atom is -0.349 e. The maximum Gasteiger partial charge on any atom is 0.251 e. The molecule has 2 amide bonds. The second-order valence-electron chi connectivity index (χ2n) is 5.65. The third-order valence-electron chi connectivity index (χ3n) is 3.86. The van der Waals surface area contributed by atoms with Crippen molar-refractivity contribution in [2.75, 3.05) is 6.54 Å². The Morgan fingerprint density at radius 2 is 2.04 bits per heavy atom. The second-order valence-corrected chi connectivity index (χ2v) is 6.59.